The smallest absolute Gasteiger partial charge is 0.255 e. The van der Waals surface area contributed by atoms with Crippen LogP contribution >= 0.6 is 0 Å². The third-order valence-electron chi connectivity index (χ3n) is 5.87. The Morgan fingerprint density at radius 2 is 1.54 bits per heavy atom. The number of rotatable bonds is 7. The summed E-state index contributed by atoms with van der Waals surface area (Å²) in [6.07, 6.45) is 0. The molecule has 0 radical (unpaired) electrons. The Morgan fingerprint density at radius 1 is 0.865 bits per heavy atom. The van der Waals surface area contributed by atoms with E-state index in [0.29, 0.717) is 39.4 Å². The van der Waals surface area contributed by atoms with Gasteiger partial charge >= 0.3 is 0 Å². The van der Waals surface area contributed by atoms with E-state index >= 15 is 0 Å². The van der Waals surface area contributed by atoms with E-state index in [1.807, 2.05) is 26.0 Å². The Hall–Kier alpha value is -4.47. The molecule has 0 saturated carbocycles. The van der Waals surface area contributed by atoms with Crippen molar-refractivity contribution in [3.63, 3.8) is 0 Å². The zero-order chi connectivity index (χ0) is 26.7. The molecule has 0 heterocycles. The number of aryl methyl sites for hydroxylation is 2. The van der Waals surface area contributed by atoms with Gasteiger partial charge in [0.05, 0.1) is 10.6 Å². The maximum absolute atomic E-state index is 13.1. The van der Waals surface area contributed by atoms with Crippen LogP contribution in [-0.4, -0.2) is 20.2 Å². The van der Waals surface area contributed by atoms with Gasteiger partial charge in [0.2, 0.25) is 10.0 Å². The number of hydrogen-bond donors (Lipinski definition) is 4. The van der Waals surface area contributed by atoms with Gasteiger partial charge in [-0.3, -0.25) is 10.2 Å². The van der Waals surface area contributed by atoms with E-state index in [-0.39, 0.29) is 16.6 Å². The number of hydrogen-bond acceptors (Lipinski definition) is 5. The summed E-state index contributed by atoms with van der Waals surface area (Å²) in [6.45, 7) is 3.88. The van der Waals surface area contributed by atoms with Crippen LogP contribution in [0.5, 0.6) is 11.5 Å². The second-order valence-electron chi connectivity index (χ2n) is 8.55. The van der Waals surface area contributed by atoms with Crippen molar-refractivity contribution in [1.29, 1.82) is 5.41 Å². The number of primary sulfonamides is 1. The average molecular weight is 515 g/mol. The highest BCUT2D eigenvalue weighted by Gasteiger charge is 2.16. The Bertz CT molecular complexity index is 1610. The number of nitrogens with one attached hydrogen (secondary N) is 2. The van der Waals surface area contributed by atoms with Crippen molar-refractivity contribution in [2.75, 3.05) is 5.32 Å². The van der Waals surface area contributed by atoms with E-state index in [1.165, 1.54) is 6.07 Å². The number of amidine groups is 1. The van der Waals surface area contributed by atoms with Gasteiger partial charge in [0.15, 0.2) is 5.75 Å². The number of carbonyl (C=O) groups excluding carboxylic acids is 1. The normalized spacial score (nSPS) is 11.1. The lowest BCUT2D eigenvalue weighted by Gasteiger charge is -2.16. The Morgan fingerprint density at radius 3 is 2.22 bits per heavy atom. The van der Waals surface area contributed by atoms with Crippen molar-refractivity contribution < 1.29 is 17.9 Å². The molecule has 0 aliphatic rings. The summed E-state index contributed by atoms with van der Waals surface area (Å²) in [5.41, 5.74) is 9.98. The van der Waals surface area contributed by atoms with Crippen LogP contribution in [0.15, 0.2) is 89.8 Å². The van der Waals surface area contributed by atoms with Crippen molar-refractivity contribution >= 4 is 27.5 Å². The summed E-state index contributed by atoms with van der Waals surface area (Å²) in [6, 6.07) is 23.5. The van der Waals surface area contributed by atoms with Gasteiger partial charge < -0.3 is 15.8 Å². The van der Waals surface area contributed by atoms with E-state index in [0.717, 1.165) is 11.1 Å². The summed E-state index contributed by atoms with van der Waals surface area (Å²) < 4.78 is 30.0. The minimum Gasteiger partial charge on any atom is -0.455 e. The van der Waals surface area contributed by atoms with Crippen molar-refractivity contribution in [2.24, 2.45) is 10.9 Å². The second-order valence-corrected chi connectivity index (χ2v) is 10.1. The van der Waals surface area contributed by atoms with Crippen LogP contribution in [-0.2, 0) is 10.0 Å². The van der Waals surface area contributed by atoms with Crippen LogP contribution in [0.3, 0.4) is 0 Å². The number of carbonyl (C=O) groups is 1. The van der Waals surface area contributed by atoms with E-state index in [9.17, 15) is 13.2 Å². The second kappa shape index (κ2) is 10.3. The molecule has 0 aromatic heterocycles. The molecule has 0 saturated heterocycles. The average Bonchev–Trinajstić information content (AvgIpc) is 2.86. The van der Waals surface area contributed by atoms with Crippen molar-refractivity contribution in [3.05, 3.63) is 107 Å². The first-order chi connectivity index (χ1) is 17.5. The van der Waals surface area contributed by atoms with Crippen LogP contribution in [0.1, 0.15) is 27.0 Å². The Balaban J connectivity index is 1.61. The minimum absolute atomic E-state index is 0.0120. The Labute approximate surface area is 215 Å². The lowest BCUT2D eigenvalue weighted by Crippen LogP contribution is -2.14. The van der Waals surface area contributed by atoms with Crippen molar-refractivity contribution in [2.45, 2.75) is 18.7 Å². The van der Waals surface area contributed by atoms with E-state index in [2.05, 4.69) is 5.32 Å². The zero-order valence-electron chi connectivity index (χ0n) is 20.3. The standard InChI is InChI=1S/C28H26N4O4S/c1-17-14-24(25(15-18(17)2)36-22-7-5-6-21(16-22)27(29)30)32-28(33)20-12-10-19(11-13-20)23-8-3-4-9-26(23)37(31,34)35/h3-16H,1-2H3,(H3,29,30)(H,32,33)(H2,31,34,35). The number of anilines is 1. The summed E-state index contributed by atoms with van der Waals surface area (Å²) in [7, 11) is -3.91. The molecule has 0 aliphatic carbocycles. The summed E-state index contributed by atoms with van der Waals surface area (Å²) >= 11 is 0. The molecule has 4 aromatic rings. The zero-order valence-corrected chi connectivity index (χ0v) is 21.1. The molecule has 9 heteroatoms. The van der Waals surface area contributed by atoms with E-state index < -0.39 is 10.0 Å². The quantitative estimate of drug-likeness (QED) is 0.203. The van der Waals surface area contributed by atoms with Crippen molar-refractivity contribution in [1.82, 2.24) is 0 Å². The molecule has 4 rings (SSSR count). The predicted molar refractivity (Wildman–Crippen MR) is 145 cm³/mol. The first-order valence-corrected chi connectivity index (χ1v) is 12.8. The molecule has 1 amide bonds. The summed E-state index contributed by atoms with van der Waals surface area (Å²) in [5.74, 6) is 0.478. The molecule has 0 fully saturated rings. The highest BCUT2D eigenvalue weighted by Crippen LogP contribution is 2.33. The lowest BCUT2D eigenvalue weighted by atomic mass is 10.0. The molecule has 0 bridgehead atoms. The third-order valence-corrected chi connectivity index (χ3v) is 6.84. The molecule has 6 N–H and O–H groups in total. The third kappa shape index (κ3) is 5.85. The molecule has 4 aromatic carbocycles. The van der Waals surface area contributed by atoms with Crippen LogP contribution in [0.25, 0.3) is 11.1 Å². The molecule has 0 aliphatic heterocycles. The largest absolute Gasteiger partial charge is 0.455 e. The SMILES string of the molecule is Cc1cc(NC(=O)c2ccc(-c3ccccc3S(N)(=O)=O)cc2)c(Oc2cccc(C(=N)N)c2)cc1C. The number of nitrogen functional groups attached to an aromatic ring is 1. The van der Waals surface area contributed by atoms with Gasteiger partial charge in [-0.15, -0.1) is 0 Å². The van der Waals surface area contributed by atoms with Crippen LogP contribution in [0.4, 0.5) is 5.69 Å². The molecule has 8 nitrogen and oxygen atoms in total. The first kappa shape index (κ1) is 25.6. The molecule has 0 unspecified atom stereocenters. The fourth-order valence-electron chi connectivity index (χ4n) is 3.77. The van der Waals surface area contributed by atoms with Crippen molar-refractivity contribution in [3.8, 4) is 22.6 Å². The monoisotopic (exact) mass is 514 g/mol. The van der Waals surface area contributed by atoms with Crippen LogP contribution < -0.4 is 20.9 Å². The van der Waals surface area contributed by atoms with Gasteiger partial charge in [-0.25, -0.2) is 13.6 Å². The Kier molecular flexibility index (Phi) is 7.10. The number of benzene rings is 4. The summed E-state index contributed by atoms with van der Waals surface area (Å²) in [5, 5.41) is 15.9. The summed E-state index contributed by atoms with van der Waals surface area (Å²) in [4.78, 5) is 13.1. The van der Waals surface area contributed by atoms with E-state index in [4.69, 9.17) is 21.0 Å². The maximum atomic E-state index is 13.1. The van der Waals surface area contributed by atoms with Gasteiger partial charge in [-0.2, -0.15) is 0 Å². The van der Waals surface area contributed by atoms with Gasteiger partial charge in [0, 0.05) is 16.7 Å². The topological polar surface area (TPSA) is 148 Å². The highest BCUT2D eigenvalue weighted by molar-refractivity contribution is 7.89. The number of amides is 1. The fourth-order valence-corrected chi connectivity index (χ4v) is 4.54. The number of sulfonamides is 1. The lowest BCUT2D eigenvalue weighted by molar-refractivity contribution is 0.102. The fraction of sp³-hybridized carbons (Fsp3) is 0.0714. The van der Waals surface area contributed by atoms with Gasteiger partial charge in [0.1, 0.15) is 11.6 Å². The van der Waals surface area contributed by atoms with Crippen LogP contribution in [0.2, 0.25) is 0 Å². The molecule has 37 heavy (non-hydrogen) atoms. The first-order valence-electron chi connectivity index (χ1n) is 11.3. The van der Waals surface area contributed by atoms with Gasteiger partial charge in [-0.1, -0.05) is 42.5 Å². The van der Waals surface area contributed by atoms with E-state index in [1.54, 1.807) is 66.7 Å². The molecular weight excluding hydrogens is 488 g/mol. The van der Waals surface area contributed by atoms with Gasteiger partial charge in [0.25, 0.3) is 5.91 Å². The predicted octanol–water partition coefficient (Wildman–Crippen LogP) is 4.95. The molecule has 0 atom stereocenters. The van der Waals surface area contributed by atoms with Crippen LogP contribution in [0, 0.1) is 19.3 Å². The molecule has 0 spiro atoms. The van der Waals surface area contributed by atoms with Gasteiger partial charge in [-0.05, 0) is 73.0 Å². The minimum atomic E-state index is -3.91. The number of nitrogens with two attached hydrogens (primary N) is 2. The highest BCUT2D eigenvalue weighted by atomic mass is 32.2. The maximum Gasteiger partial charge on any atom is 0.255 e. The number of ether oxygens (including phenoxy) is 1. The molecule has 188 valence electrons. The molecular formula is C28H26N4O4S.